The highest BCUT2D eigenvalue weighted by molar-refractivity contribution is 5.21. The summed E-state index contributed by atoms with van der Waals surface area (Å²) in [6, 6.07) is 19.5. The van der Waals surface area contributed by atoms with Crippen LogP contribution in [-0.2, 0) is 9.47 Å². The van der Waals surface area contributed by atoms with Crippen LogP contribution in [0.4, 0.5) is 0 Å². The Balaban J connectivity index is 1.30. The van der Waals surface area contributed by atoms with Crippen molar-refractivity contribution < 1.29 is 18.9 Å². The standard InChI is InChI=1S/C20H27NO4/c1-3-7-19(8-4-1)24-17-15-22-13-11-21-12-14-23-16-18-25-20-9-5-2-6-10-20/h1-10,21H,11-18H2. The van der Waals surface area contributed by atoms with Crippen LogP contribution in [0.1, 0.15) is 0 Å². The van der Waals surface area contributed by atoms with E-state index in [1.165, 1.54) is 0 Å². The van der Waals surface area contributed by atoms with Gasteiger partial charge >= 0.3 is 0 Å². The maximum atomic E-state index is 5.54. The molecule has 0 amide bonds. The first-order valence-corrected chi connectivity index (χ1v) is 8.67. The largest absolute Gasteiger partial charge is 0.491 e. The highest BCUT2D eigenvalue weighted by Crippen LogP contribution is 2.08. The third-order valence-electron chi connectivity index (χ3n) is 3.33. The number of benzene rings is 2. The maximum absolute atomic E-state index is 5.54. The van der Waals surface area contributed by atoms with E-state index < -0.39 is 0 Å². The molecule has 0 aliphatic carbocycles. The van der Waals surface area contributed by atoms with Gasteiger partial charge in [0.25, 0.3) is 0 Å². The Labute approximate surface area is 149 Å². The lowest BCUT2D eigenvalue weighted by molar-refractivity contribution is 0.0906. The van der Waals surface area contributed by atoms with Crippen molar-refractivity contribution in [3.63, 3.8) is 0 Å². The smallest absolute Gasteiger partial charge is 0.119 e. The number of nitrogens with one attached hydrogen (secondary N) is 1. The van der Waals surface area contributed by atoms with Crippen LogP contribution >= 0.6 is 0 Å². The van der Waals surface area contributed by atoms with Gasteiger partial charge in [-0.3, -0.25) is 0 Å². The summed E-state index contributed by atoms with van der Waals surface area (Å²) < 4.78 is 22.1. The third-order valence-corrected chi connectivity index (χ3v) is 3.33. The van der Waals surface area contributed by atoms with E-state index in [2.05, 4.69) is 5.32 Å². The second-order valence-corrected chi connectivity index (χ2v) is 5.30. The average molecular weight is 345 g/mol. The minimum absolute atomic E-state index is 0.564. The zero-order chi connectivity index (χ0) is 17.4. The van der Waals surface area contributed by atoms with Gasteiger partial charge in [0.1, 0.15) is 24.7 Å². The van der Waals surface area contributed by atoms with Crippen molar-refractivity contribution in [2.75, 3.05) is 52.7 Å². The number of ether oxygens (including phenoxy) is 4. The molecule has 0 atom stereocenters. The number of rotatable bonds is 14. The molecular formula is C20H27NO4. The van der Waals surface area contributed by atoms with E-state index in [9.17, 15) is 0 Å². The summed E-state index contributed by atoms with van der Waals surface area (Å²) in [6.07, 6.45) is 0. The summed E-state index contributed by atoms with van der Waals surface area (Å²) in [4.78, 5) is 0. The van der Waals surface area contributed by atoms with Crippen molar-refractivity contribution in [2.45, 2.75) is 0 Å². The van der Waals surface area contributed by atoms with Crippen molar-refractivity contribution in [2.24, 2.45) is 0 Å². The fourth-order valence-corrected chi connectivity index (χ4v) is 2.09. The van der Waals surface area contributed by atoms with E-state index in [1.54, 1.807) is 0 Å². The molecule has 2 rings (SSSR count). The molecule has 0 saturated heterocycles. The summed E-state index contributed by atoms with van der Waals surface area (Å²) in [5, 5.41) is 3.27. The van der Waals surface area contributed by atoms with E-state index >= 15 is 0 Å². The average Bonchev–Trinajstić information content (AvgIpc) is 2.67. The predicted octanol–water partition coefficient (Wildman–Crippen LogP) is 2.77. The zero-order valence-electron chi connectivity index (χ0n) is 14.6. The molecule has 0 radical (unpaired) electrons. The molecular weight excluding hydrogens is 318 g/mol. The monoisotopic (exact) mass is 345 g/mol. The minimum Gasteiger partial charge on any atom is -0.491 e. The normalized spacial score (nSPS) is 10.6. The molecule has 0 unspecified atom stereocenters. The van der Waals surface area contributed by atoms with Gasteiger partial charge in [-0.25, -0.2) is 0 Å². The summed E-state index contributed by atoms with van der Waals surface area (Å²) in [7, 11) is 0. The highest BCUT2D eigenvalue weighted by Gasteiger charge is 1.94. The van der Waals surface area contributed by atoms with Gasteiger partial charge in [0.2, 0.25) is 0 Å². The molecule has 5 nitrogen and oxygen atoms in total. The van der Waals surface area contributed by atoms with Crippen molar-refractivity contribution in [3.8, 4) is 11.5 Å². The Morgan fingerprint density at radius 3 is 1.40 bits per heavy atom. The molecule has 0 heterocycles. The molecule has 136 valence electrons. The number of hydrogen-bond donors (Lipinski definition) is 1. The lowest BCUT2D eigenvalue weighted by Gasteiger charge is -2.09. The molecule has 2 aromatic carbocycles. The van der Waals surface area contributed by atoms with Crippen molar-refractivity contribution >= 4 is 0 Å². The van der Waals surface area contributed by atoms with Gasteiger partial charge in [0.15, 0.2) is 0 Å². The minimum atomic E-state index is 0.564. The fourth-order valence-electron chi connectivity index (χ4n) is 2.09. The predicted molar refractivity (Wildman–Crippen MR) is 98.4 cm³/mol. The third kappa shape index (κ3) is 9.72. The number of hydrogen-bond acceptors (Lipinski definition) is 5. The summed E-state index contributed by atoms with van der Waals surface area (Å²) in [5.41, 5.74) is 0. The van der Waals surface area contributed by atoms with E-state index in [0.29, 0.717) is 39.6 Å². The number of para-hydroxylation sites is 2. The van der Waals surface area contributed by atoms with E-state index in [-0.39, 0.29) is 0 Å². The Bertz CT molecular complexity index is 486. The summed E-state index contributed by atoms with van der Waals surface area (Å²) in [6.45, 7) is 5.23. The van der Waals surface area contributed by atoms with Crippen LogP contribution in [-0.4, -0.2) is 52.7 Å². The SMILES string of the molecule is c1ccc(OCCOCCNCCOCCOc2ccccc2)cc1. The van der Waals surface area contributed by atoms with Gasteiger partial charge in [-0.05, 0) is 24.3 Å². The lowest BCUT2D eigenvalue weighted by Crippen LogP contribution is -2.25. The topological polar surface area (TPSA) is 49.0 Å². The second kappa shape index (κ2) is 13.2. The van der Waals surface area contributed by atoms with Gasteiger partial charge in [0, 0.05) is 13.1 Å². The first-order chi connectivity index (χ1) is 12.4. The van der Waals surface area contributed by atoms with Crippen LogP contribution in [0.25, 0.3) is 0 Å². The van der Waals surface area contributed by atoms with Crippen LogP contribution in [0.5, 0.6) is 11.5 Å². The van der Waals surface area contributed by atoms with Crippen LogP contribution in [0.15, 0.2) is 60.7 Å². The quantitative estimate of drug-likeness (QED) is 0.534. The molecule has 0 aliphatic heterocycles. The first-order valence-electron chi connectivity index (χ1n) is 8.67. The second-order valence-electron chi connectivity index (χ2n) is 5.30. The van der Waals surface area contributed by atoms with Gasteiger partial charge in [0.05, 0.1) is 26.4 Å². The molecule has 0 aromatic heterocycles. The van der Waals surface area contributed by atoms with Crippen molar-refractivity contribution in [1.29, 1.82) is 0 Å². The summed E-state index contributed by atoms with van der Waals surface area (Å²) in [5.74, 6) is 1.75. The van der Waals surface area contributed by atoms with E-state index in [1.807, 2.05) is 60.7 Å². The molecule has 0 fully saturated rings. The first kappa shape index (κ1) is 19.2. The van der Waals surface area contributed by atoms with Crippen LogP contribution in [0.2, 0.25) is 0 Å². The Kier molecular flexibility index (Phi) is 10.2. The van der Waals surface area contributed by atoms with E-state index in [0.717, 1.165) is 24.6 Å². The Hall–Kier alpha value is -2.08. The molecule has 0 bridgehead atoms. The molecule has 0 spiro atoms. The van der Waals surface area contributed by atoms with Gasteiger partial charge in [-0.15, -0.1) is 0 Å². The highest BCUT2D eigenvalue weighted by atomic mass is 16.5. The van der Waals surface area contributed by atoms with Crippen molar-refractivity contribution in [1.82, 2.24) is 5.32 Å². The summed E-state index contributed by atoms with van der Waals surface area (Å²) >= 11 is 0. The lowest BCUT2D eigenvalue weighted by atomic mass is 10.3. The van der Waals surface area contributed by atoms with Gasteiger partial charge < -0.3 is 24.3 Å². The van der Waals surface area contributed by atoms with Crippen LogP contribution < -0.4 is 14.8 Å². The molecule has 0 saturated carbocycles. The molecule has 0 aliphatic rings. The fraction of sp³-hybridized carbons (Fsp3) is 0.400. The van der Waals surface area contributed by atoms with Gasteiger partial charge in [-0.1, -0.05) is 36.4 Å². The van der Waals surface area contributed by atoms with Crippen LogP contribution in [0.3, 0.4) is 0 Å². The van der Waals surface area contributed by atoms with E-state index in [4.69, 9.17) is 18.9 Å². The molecule has 5 heteroatoms. The van der Waals surface area contributed by atoms with Gasteiger partial charge in [-0.2, -0.15) is 0 Å². The molecule has 2 aromatic rings. The molecule has 1 N–H and O–H groups in total. The zero-order valence-corrected chi connectivity index (χ0v) is 14.6. The van der Waals surface area contributed by atoms with Crippen molar-refractivity contribution in [3.05, 3.63) is 60.7 Å². The van der Waals surface area contributed by atoms with Crippen LogP contribution in [0, 0.1) is 0 Å². The molecule has 25 heavy (non-hydrogen) atoms. The maximum Gasteiger partial charge on any atom is 0.119 e. The Morgan fingerprint density at radius 2 is 0.960 bits per heavy atom. The Morgan fingerprint density at radius 1 is 0.520 bits per heavy atom.